The molecule has 0 aromatic carbocycles. The van der Waals surface area contributed by atoms with Crippen molar-refractivity contribution < 1.29 is 19.1 Å². The molecule has 2 amide bonds. The molecule has 1 rings (SSSR count). The number of amides is 2. The Balaban J connectivity index is 2.28. The van der Waals surface area contributed by atoms with Crippen molar-refractivity contribution in [3.8, 4) is 0 Å². The fourth-order valence-corrected chi connectivity index (χ4v) is 1.77. The lowest BCUT2D eigenvalue weighted by Gasteiger charge is -2.21. The Morgan fingerprint density at radius 2 is 2.17 bits per heavy atom. The lowest BCUT2D eigenvalue weighted by molar-refractivity contribution is -0.144. The third-order valence-electron chi connectivity index (χ3n) is 2.88. The van der Waals surface area contributed by atoms with Crippen molar-refractivity contribution in [3.05, 3.63) is 0 Å². The molecule has 6 heteroatoms. The second-order valence-electron chi connectivity index (χ2n) is 4.29. The van der Waals surface area contributed by atoms with E-state index < -0.39 is 0 Å². The summed E-state index contributed by atoms with van der Waals surface area (Å²) >= 11 is 0. The molecule has 0 aromatic heterocycles. The van der Waals surface area contributed by atoms with E-state index in [1.807, 2.05) is 0 Å². The molecule has 1 aliphatic rings. The van der Waals surface area contributed by atoms with Crippen LogP contribution in [-0.4, -0.2) is 60.9 Å². The van der Waals surface area contributed by atoms with Crippen molar-refractivity contribution in [1.29, 1.82) is 0 Å². The number of nitrogens with zero attached hydrogens (tertiary/aromatic N) is 2. The second kappa shape index (κ2) is 6.98. The molecule has 1 saturated heterocycles. The van der Waals surface area contributed by atoms with Gasteiger partial charge in [-0.05, 0) is 13.3 Å². The first-order valence-corrected chi connectivity index (χ1v) is 6.22. The molecular formula is C12H20N2O4. The molecule has 0 bridgehead atoms. The highest BCUT2D eigenvalue weighted by Gasteiger charge is 2.23. The van der Waals surface area contributed by atoms with Crippen LogP contribution in [0.5, 0.6) is 0 Å². The molecule has 0 spiro atoms. The number of esters is 1. The van der Waals surface area contributed by atoms with Gasteiger partial charge in [-0.1, -0.05) is 0 Å². The number of rotatable bonds is 6. The van der Waals surface area contributed by atoms with Crippen LogP contribution in [0.3, 0.4) is 0 Å². The highest BCUT2D eigenvalue weighted by molar-refractivity contribution is 5.86. The summed E-state index contributed by atoms with van der Waals surface area (Å²) in [4.78, 5) is 37.3. The van der Waals surface area contributed by atoms with Gasteiger partial charge >= 0.3 is 5.97 Å². The maximum atomic E-state index is 11.8. The van der Waals surface area contributed by atoms with Crippen molar-refractivity contribution in [2.24, 2.45) is 0 Å². The first kappa shape index (κ1) is 14.5. The second-order valence-corrected chi connectivity index (χ2v) is 4.29. The van der Waals surface area contributed by atoms with E-state index in [4.69, 9.17) is 4.74 Å². The van der Waals surface area contributed by atoms with Crippen LogP contribution in [0.25, 0.3) is 0 Å². The molecule has 0 atom stereocenters. The van der Waals surface area contributed by atoms with E-state index in [0.717, 1.165) is 6.42 Å². The Morgan fingerprint density at radius 3 is 2.72 bits per heavy atom. The van der Waals surface area contributed by atoms with E-state index in [1.54, 1.807) is 18.9 Å². The molecule has 1 fully saturated rings. The minimum Gasteiger partial charge on any atom is -0.466 e. The van der Waals surface area contributed by atoms with Gasteiger partial charge < -0.3 is 14.5 Å². The third kappa shape index (κ3) is 4.35. The maximum absolute atomic E-state index is 11.8. The van der Waals surface area contributed by atoms with Crippen molar-refractivity contribution in [2.75, 3.05) is 33.3 Å². The van der Waals surface area contributed by atoms with Crippen molar-refractivity contribution in [3.63, 3.8) is 0 Å². The average molecular weight is 256 g/mol. The quantitative estimate of drug-likeness (QED) is 0.628. The minimum atomic E-state index is -0.311. The van der Waals surface area contributed by atoms with Crippen LogP contribution in [0.1, 0.15) is 26.2 Å². The molecule has 0 unspecified atom stereocenters. The van der Waals surface area contributed by atoms with Crippen LogP contribution in [0.2, 0.25) is 0 Å². The van der Waals surface area contributed by atoms with Gasteiger partial charge in [0.2, 0.25) is 11.8 Å². The van der Waals surface area contributed by atoms with Gasteiger partial charge in [-0.2, -0.15) is 0 Å². The summed E-state index contributed by atoms with van der Waals surface area (Å²) in [5, 5.41) is 0. The van der Waals surface area contributed by atoms with Crippen LogP contribution in [-0.2, 0) is 19.1 Å². The highest BCUT2D eigenvalue weighted by atomic mass is 16.5. The van der Waals surface area contributed by atoms with Crippen molar-refractivity contribution in [2.45, 2.75) is 26.2 Å². The van der Waals surface area contributed by atoms with E-state index in [1.165, 1.54) is 4.90 Å². The predicted molar refractivity (Wildman–Crippen MR) is 64.7 cm³/mol. The first-order chi connectivity index (χ1) is 8.54. The maximum Gasteiger partial charge on any atom is 0.307 e. The third-order valence-corrected chi connectivity index (χ3v) is 2.88. The van der Waals surface area contributed by atoms with Crippen molar-refractivity contribution >= 4 is 17.8 Å². The van der Waals surface area contributed by atoms with Crippen LogP contribution >= 0.6 is 0 Å². The van der Waals surface area contributed by atoms with E-state index in [2.05, 4.69) is 0 Å². The Morgan fingerprint density at radius 1 is 1.44 bits per heavy atom. The Kier molecular flexibility index (Phi) is 5.61. The molecule has 0 radical (unpaired) electrons. The van der Waals surface area contributed by atoms with Gasteiger partial charge in [0.15, 0.2) is 0 Å². The molecule has 18 heavy (non-hydrogen) atoms. The zero-order chi connectivity index (χ0) is 13.5. The zero-order valence-electron chi connectivity index (χ0n) is 11.0. The SMILES string of the molecule is CCOC(=O)CCN(C)C(=O)CN1CCCC1=O. The Labute approximate surface area is 107 Å². The molecule has 102 valence electrons. The summed E-state index contributed by atoms with van der Waals surface area (Å²) in [5.74, 6) is -0.425. The fraction of sp³-hybridized carbons (Fsp3) is 0.750. The van der Waals surface area contributed by atoms with Gasteiger partial charge in [-0.3, -0.25) is 14.4 Å². The van der Waals surface area contributed by atoms with Crippen LogP contribution in [0.15, 0.2) is 0 Å². The van der Waals surface area contributed by atoms with Gasteiger partial charge in [0.25, 0.3) is 0 Å². The molecule has 1 heterocycles. The normalized spacial score (nSPS) is 14.8. The first-order valence-electron chi connectivity index (χ1n) is 6.22. The number of ether oxygens (including phenoxy) is 1. The number of hydrogen-bond acceptors (Lipinski definition) is 4. The Hall–Kier alpha value is -1.59. The lowest BCUT2D eigenvalue weighted by Crippen LogP contribution is -2.39. The number of likely N-dealkylation sites (N-methyl/N-ethyl adjacent to an activating group) is 1. The van der Waals surface area contributed by atoms with E-state index in [-0.39, 0.29) is 30.7 Å². The van der Waals surface area contributed by atoms with Crippen LogP contribution < -0.4 is 0 Å². The standard InChI is InChI=1S/C12H20N2O4/c1-3-18-12(17)6-8-13(2)11(16)9-14-7-4-5-10(14)15/h3-9H2,1-2H3. The molecule has 0 saturated carbocycles. The largest absolute Gasteiger partial charge is 0.466 e. The number of carbonyl (C=O) groups excluding carboxylic acids is 3. The van der Waals surface area contributed by atoms with Gasteiger partial charge in [0.1, 0.15) is 0 Å². The molecule has 0 N–H and O–H groups in total. The minimum absolute atomic E-state index is 0.0298. The van der Waals surface area contributed by atoms with E-state index in [0.29, 0.717) is 26.1 Å². The van der Waals surface area contributed by atoms with Crippen LogP contribution in [0.4, 0.5) is 0 Å². The predicted octanol–water partition coefficient (Wildman–Crippen LogP) is 0.0204. The molecule has 6 nitrogen and oxygen atoms in total. The number of likely N-dealkylation sites (tertiary alicyclic amines) is 1. The monoisotopic (exact) mass is 256 g/mol. The molecule has 0 aliphatic carbocycles. The molecular weight excluding hydrogens is 236 g/mol. The molecule has 1 aliphatic heterocycles. The van der Waals surface area contributed by atoms with E-state index >= 15 is 0 Å². The summed E-state index contributed by atoms with van der Waals surface area (Å²) in [7, 11) is 1.63. The van der Waals surface area contributed by atoms with Gasteiger partial charge in [0, 0.05) is 26.6 Å². The lowest BCUT2D eigenvalue weighted by atomic mass is 10.3. The summed E-state index contributed by atoms with van der Waals surface area (Å²) in [6, 6.07) is 0. The summed E-state index contributed by atoms with van der Waals surface area (Å²) in [5.41, 5.74) is 0. The molecule has 0 aromatic rings. The van der Waals surface area contributed by atoms with Gasteiger partial charge in [-0.25, -0.2) is 0 Å². The fourth-order valence-electron chi connectivity index (χ4n) is 1.77. The summed E-state index contributed by atoms with van der Waals surface area (Å²) in [6.45, 7) is 3.17. The Bertz CT molecular complexity index is 330. The summed E-state index contributed by atoms with van der Waals surface area (Å²) < 4.78 is 4.78. The summed E-state index contributed by atoms with van der Waals surface area (Å²) in [6.07, 6.45) is 1.53. The number of carbonyl (C=O) groups is 3. The zero-order valence-corrected chi connectivity index (χ0v) is 11.0. The van der Waals surface area contributed by atoms with Gasteiger partial charge in [0.05, 0.1) is 19.6 Å². The number of hydrogen-bond donors (Lipinski definition) is 0. The van der Waals surface area contributed by atoms with Crippen molar-refractivity contribution in [1.82, 2.24) is 9.80 Å². The smallest absolute Gasteiger partial charge is 0.307 e. The average Bonchev–Trinajstić information content (AvgIpc) is 2.72. The topological polar surface area (TPSA) is 66.9 Å². The highest BCUT2D eigenvalue weighted by Crippen LogP contribution is 2.09. The van der Waals surface area contributed by atoms with E-state index in [9.17, 15) is 14.4 Å². The van der Waals surface area contributed by atoms with Gasteiger partial charge in [-0.15, -0.1) is 0 Å². The van der Waals surface area contributed by atoms with Crippen LogP contribution in [0, 0.1) is 0 Å².